The Bertz CT molecular complexity index is 588. The van der Waals surface area contributed by atoms with Gasteiger partial charge in [0.25, 0.3) is 5.56 Å². The SMILES string of the molecule is Cc1cc(O)c(-c2ncccc2C)c(=O)[nH]1. The van der Waals surface area contributed by atoms with E-state index >= 15 is 0 Å². The highest BCUT2D eigenvalue weighted by atomic mass is 16.3. The monoisotopic (exact) mass is 216 g/mol. The summed E-state index contributed by atoms with van der Waals surface area (Å²) >= 11 is 0. The van der Waals surface area contributed by atoms with E-state index in [2.05, 4.69) is 9.97 Å². The lowest BCUT2D eigenvalue weighted by molar-refractivity contribution is 0.475. The fourth-order valence-corrected chi connectivity index (χ4v) is 1.65. The van der Waals surface area contributed by atoms with Crippen LogP contribution in [-0.2, 0) is 0 Å². The molecule has 2 heterocycles. The fraction of sp³-hybridized carbons (Fsp3) is 0.167. The molecule has 2 rings (SSSR count). The van der Waals surface area contributed by atoms with Crippen molar-refractivity contribution >= 4 is 0 Å². The lowest BCUT2D eigenvalue weighted by Crippen LogP contribution is -2.11. The van der Waals surface area contributed by atoms with Gasteiger partial charge >= 0.3 is 0 Å². The number of rotatable bonds is 1. The summed E-state index contributed by atoms with van der Waals surface area (Å²) in [6, 6.07) is 5.16. The van der Waals surface area contributed by atoms with Crippen molar-refractivity contribution in [3.63, 3.8) is 0 Å². The first-order valence-corrected chi connectivity index (χ1v) is 4.94. The molecule has 0 saturated carbocycles. The number of hydrogen-bond donors (Lipinski definition) is 2. The minimum absolute atomic E-state index is 0.0388. The van der Waals surface area contributed by atoms with Crippen LogP contribution in [0.4, 0.5) is 0 Å². The fourth-order valence-electron chi connectivity index (χ4n) is 1.65. The minimum Gasteiger partial charge on any atom is -0.507 e. The molecule has 0 aromatic carbocycles. The van der Waals surface area contributed by atoms with E-state index in [1.54, 1.807) is 19.2 Å². The van der Waals surface area contributed by atoms with Gasteiger partial charge < -0.3 is 10.1 Å². The van der Waals surface area contributed by atoms with Crippen LogP contribution in [0.15, 0.2) is 29.2 Å². The van der Waals surface area contributed by atoms with Crippen LogP contribution in [0.1, 0.15) is 11.3 Å². The molecule has 4 nitrogen and oxygen atoms in total. The zero-order valence-corrected chi connectivity index (χ0v) is 9.11. The van der Waals surface area contributed by atoms with Gasteiger partial charge in [-0.25, -0.2) is 0 Å². The Balaban J connectivity index is 2.75. The number of pyridine rings is 2. The quantitative estimate of drug-likeness (QED) is 0.763. The third kappa shape index (κ3) is 1.69. The summed E-state index contributed by atoms with van der Waals surface area (Å²) in [5.74, 6) is -0.0388. The first-order chi connectivity index (χ1) is 7.59. The zero-order chi connectivity index (χ0) is 11.7. The molecular formula is C12H12N2O2. The smallest absolute Gasteiger partial charge is 0.261 e. The maximum Gasteiger partial charge on any atom is 0.261 e. The molecule has 0 aliphatic carbocycles. The molecule has 2 aromatic heterocycles. The van der Waals surface area contributed by atoms with E-state index in [9.17, 15) is 9.90 Å². The van der Waals surface area contributed by atoms with Gasteiger partial charge in [-0.05, 0) is 31.5 Å². The van der Waals surface area contributed by atoms with Gasteiger partial charge in [0, 0.05) is 11.9 Å². The molecule has 16 heavy (non-hydrogen) atoms. The standard InChI is InChI=1S/C12H12N2O2/c1-7-4-3-5-13-11(7)10-9(15)6-8(2)14-12(10)16/h3-6H,1-2H3,(H2,14,15,16). The molecule has 0 unspecified atom stereocenters. The van der Waals surface area contributed by atoms with E-state index in [1.807, 2.05) is 13.0 Å². The predicted molar refractivity (Wildman–Crippen MR) is 61.4 cm³/mol. The molecule has 0 bridgehead atoms. The van der Waals surface area contributed by atoms with Gasteiger partial charge in [-0.3, -0.25) is 9.78 Å². The summed E-state index contributed by atoms with van der Waals surface area (Å²) in [5, 5.41) is 9.79. The number of hydrogen-bond acceptors (Lipinski definition) is 3. The van der Waals surface area contributed by atoms with Crippen molar-refractivity contribution < 1.29 is 5.11 Å². The van der Waals surface area contributed by atoms with Crippen molar-refractivity contribution in [1.82, 2.24) is 9.97 Å². The van der Waals surface area contributed by atoms with Crippen molar-refractivity contribution in [2.75, 3.05) is 0 Å². The normalized spacial score (nSPS) is 10.4. The summed E-state index contributed by atoms with van der Waals surface area (Å²) in [6.45, 7) is 3.57. The highest BCUT2D eigenvalue weighted by Crippen LogP contribution is 2.25. The maximum atomic E-state index is 11.8. The van der Waals surface area contributed by atoms with Crippen molar-refractivity contribution in [3.05, 3.63) is 46.0 Å². The highest BCUT2D eigenvalue weighted by Gasteiger charge is 2.13. The molecule has 0 spiro atoms. The van der Waals surface area contributed by atoms with Crippen LogP contribution < -0.4 is 5.56 Å². The number of aromatic amines is 1. The van der Waals surface area contributed by atoms with E-state index in [4.69, 9.17) is 0 Å². The summed E-state index contributed by atoms with van der Waals surface area (Å²) in [6.07, 6.45) is 1.60. The Kier molecular flexibility index (Phi) is 2.48. The molecule has 0 radical (unpaired) electrons. The Morgan fingerprint density at radius 2 is 2.12 bits per heavy atom. The molecular weight excluding hydrogens is 204 g/mol. The average molecular weight is 216 g/mol. The van der Waals surface area contributed by atoms with Crippen molar-refractivity contribution in [2.45, 2.75) is 13.8 Å². The third-order valence-electron chi connectivity index (χ3n) is 2.39. The van der Waals surface area contributed by atoms with Crippen LogP contribution in [0.5, 0.6) is 5.75 Å². The number of nitrogens with zero attached hydrogens (tertiary/aromatic N) is 1. The van der Waals surface area contributed by atoms with E-state index < -0.39 is 0 Å². The van der Waals surface area contributed by atoms with Crippen molar-refractivity contribution in [1.29, 1.82) is 0 Å². The van der Waals surface area contributed by atoms with E-state index in [1.165, 1.54) is 6.07 Å². The highest BCUT2D eigenvalue weighted by molar-refractivity contribution is 5.68. The lowest BCUT2D eigenvalue weighted by atomic mass is 10.1. The summed E-state index contributed by atoms with van der Waals surface area (Å²) < 4.78 is 0. The van der Waals surface area contributed by atoms with Crippen molar-refractivity contribution in [2.24, 2.45) is 0 Å². The van der Waals surface area contributed by atoms with Gasteiger partial charge in [0.1, 0.15) is 11.3 Å². The number of H-pyrrole nitrogens is 1. The van der Waals surface area contributed by atoms with Crippen LogP contribution in [0.3, 0.4) is 0 Å². The van der Waals surface area contributed by atoms with E-state index in [-0.39, 0.29) is 16.9 Å². The topological polar surface area (TPSA) is 66.0 Å². The van der Waals surface area contributed by atoms with Crippen LogP contribution in [0, 0.1) is 13.8 Å². The summed E-state index contributed by atoms with van der Waals surface area (Å²) in [7, 11) is 0. The molecule has 0 aliphatic heterocycles. The van der Waals surface area contributed by atoms with Gasteiger partial charge in [-0.2, -0.15) is 0 Å². The molecule has 0 saturated heterocycles. The number of nitrogens with one attached hydrogen (secondary N) is 1. The first kappa shape index (κ1) is 10.4. The number of aromatic hydroxyl groups is 1. The van der Waals surface area contributed by atoms with Gasteiger partial charge in [0.05, 0.1) is 5.69 Å². The van der Waals surface area contributed by atoms with Crippen LogP contribution in [-0.4, -0.2) is 15.1 Å². The maximum absolute atomic E-state index is 11.8. The number of aryl methyl sites for hydroxylation is 2. The molecule has 0 aliphatic rings. The Hall–Kier alpha value is -2.10. The molecule has 0 amide bonds. The minimum atomic E-state index is -0.320. The van der Waals surface area contributed by atoms with E-state index in [0.29, 0.717) is 11.4 Å². The molecule has 82 valence electrons. The average Bonchev–Trinajstić information content (AvgIpc) is 2.19. The largest absolute Gasteiger partial charge is 0.507 e. The second-order valence-electron chi connectivity index (χ2n) is 3.71. The lowest BCUT2D eigenvalue weighted by Gasteiger charge is -2.06. The second kappa shape index (κ2) is 3.81. The Labute approximate surface area is 92.6 Å². The van der Waals surface area contributed by atoms with Crippen LogP contribution in [0.2, 0.25) is 0 Å². The van der Waals surface area contributed by atoms with Gasteiger partial charge in [0.2, 0.25) is 0 Å². The van der Waals surface area contributed by atoms with Crippen LogP contribution >= 0.6 is 0 Å². The molecule has 0 fully saturated rings. The van der Waals surface area contributed by atoms with Crippen molar-refractivity contribution in [3.8, 4) is 17.0 Å². The van der Waals surface area contributed by atoms with Gasteiger partial charge in [0.15, 0.2) is 0 Å². The summed E-state index contributed by atoms with van der Waals surface area (Å²) in [5.41, 5.74) is 1.90. The van der Waals surface area contributed by atoms with Gasteiger partial charge in [-0.1, -0.05) is 6.07 Å². The third-order valence-corrected chi connectivity index (χ3v) is 2.39. The first-order valence-electron chi connectivity index (χ1n) is 4.94. The predicted octanol–water partition coefficient (Wildman–Crippen LogP) is 1.76. The van der Waals surface area contributed by atoms with Crippen LogP contribution in [0.25, 0.3) is 11.3 Å². The Morgan fingerprint density at radius 3 is 2.75 bits per heavy atom. The molecule has 2 N–H and O–H groups in total. The number of aromatic nitrogens is 2. The van der Waals surface area contributed by atoms with E-state index in [0.717, 1.165) is 5.56 Å². The molecule has 0 atom stereocenters. The Morgan fingerprint density at radius 1 is 1.38 bits per heavy atom. The molecule has 2 aromatic rings. The molecule has 4 heteroatoms. The second-order valence-corrected chi connectivity index (χ2v) is 3.71. The zero-order valence-electron chi connectivity index (χ0n) is 9.11. The summed E-state index contributed by atoms with van der Waals surface area (Å²) in [4.78, 5) is 18.5. The van der Waals surface area contributed by atoms with Gasteiger partial charge in [-0.15, -0.1) is 0 Å².